The van der Waals surface area contributed by atoms with Crippen LogP contribution in [0.2, 0.25) is 0 Å². The van der Waals surface area contributed by atoms with Crippen LogP contribution in [0.25, 0.3) is 5.57 Å². The van der Waals surface area contributed by atoms with Crippen LogP contribution in [0, 0.1) is 5.92 Å². The summed E-state index contributed by atoms with van der Waals surface area (Å²) in [4.78, 5) is 39.7. The molecule has 3 aliphatic rings. The highest BCUT2D eigenvalue weighted by Crippen LogP contribution is 2.33. The maximum absolute atomic E-state index is 13.0. The van der Waals surface area contributed by atoms with Crippen molar-refractivity contribution in [3.63, 3.8) is 0 Å². The number of nitrogens with zero attached hydrogens (tertiary/aromatic N) is 2. The molecule has 1 aromatic carbocycles. The average Bonchev–Trinajstić information content (AvgIpc) is 3.29. The molecule has 2 unspecified atom stereocenters. The second-order valence-electron chi connectivity index (χ2n) is 8.75. The molecule has 3 aliphatic heterocycles. The minimum absolute atomic E-state index is 0.0255. The molecule has 4 atom stereocenters. The number of rotatable bonds is 4. The maximum Gasteiger partial charge on any atom is 0.408 e. The van der Waals surface area contributed by atoms with Gasteiger partial charge in [0.1, 0.15) is 6.04 Å². The molecule has 0 bridgehead atoms. The fourth-order valence-corrected chi connectivity index (χ4v) is 5.33. The van der Waals surface area contributed by atoms with E-state index in [1.807, 2.05) is 23.1 Å². The molecule has 32 heavy (non-hydrogen) atoms. The van der Waals surface area contributed by atoms with Gasteiger partial charge in [0, 0.05) is 25.7 Å². The topological polar surface area (TPSA) is 122 Å². The molecular formula is C23H30N4O5. The van der Waals surface area contributed by atoms with Crippen LogP contribution in [0.5, 0.6) is 0 Å². The lowest BCUT2D eigenvalue weighted by atomic mass is 9.87. The van der Waals surface area contributed by atoms with Gasteiger partial charge in [-0.25, -0.2) is 10.3 Å². The molecule has 4 rings (SSSR count). The summed E-state index contributed by atoms with van der Waals surface area (Å²) in [6, 6.07) is 8.76. The highest BCUT2D eigenvalue weighted by molar-refractivity contribution is 5.85. The van der Waals surface area contributed by atoms with Crippen LogP contribution < -0.4 is 10.8 Å². The van der Waals surface area contributed by atoms with Gasteiger partial charge in [0.25, 0.3) is 5.91 Å². The van der Waals surface area contributed by atoms with Crippen molar-refractivity contribution < 1.29 is 24.7 Å². The normalized spacial score (nSPS) is 28.2. The second-order valence-corrected chi connectivity index (χ2v) is 8.75. The molecule has 2 saturated heterocycles. The Morgan fingerprint density at radius 1 is 1.06 bits per heavy atom. The van der Waals surface area contributed by atoms with E-state index >= 15 is 0 Å². The molecule has 0 radical (unpaired) electrons. The number of carbonyl (C=O) groups excluding carboxylic acids is 2. The van der Waals surface area contributed by atoms with Crippen molar-refractivity contribution in [2.24, 2.45) is 5.92 Å². The zero-order valence-corrected chi connectivity index (χ0v) is 17.9. The van der Waals surface area contributed by atoms with Gasteiger partial charge in [-0.3, -0.25) is 19.7 Å². The molecule has 3 heterocycles. The minimum atomic E-state index is -1.16. The summed E-state index contributed by atoms with van der Waals surface area (Å²) in [6.07, 6.45) is 4.09. The van der Waals surface area contributed by atoms with E-state index < -0.39 is 18.0 Å². The number of nitrogens with one attached hydrogen (secondary N) is 2. The molecule has 0 aliphatic carbocycles. The van der Waals surface area contributed by atoms with Gasteiger partial charge in [-0.15, -0.1) is 0 Å². The Balaban J connectivity index is 1.32. The first-order valence-electron chi connectivity index (χ1n) is 11.2. The monoisotopic (exact) mass is 442 g/mol. The Morgan fingerprint density at radius 3 is 2.44 bits per heavy atom. The average molecular weight is 443 g/mol. The third kappa shape index (κ3) is 4.49. The standard InChI is InChI=1S/C23H30N4O5/c28-21(25-32)20-9-8-19(27(20)23(30)31)17-6-7-18(24-14-17)22(29)26-12-10-16(11-13-26)15-4-2-1-3-5-15/h1-5,10,17-20,24,32H,6-9,11-14H2,(H,25,28)(H,30,31)/t17?,18-,19?,20-/m0/s1. The number of piperidine rings is 1. The number of benzene rings is 1. The van der Waals surface area contributed by atoms with Crippen LogP contribution in [0.3, 0.4) is 0 Å². The summed E-state index contributed by atoms with van der Waals surface area (Å²) in [7, 11) is 0. The lowest BCUT2D eigenvalue weighted by Crippen LogP contribution is -2.55. The van der Waals surface area contributed by atoms with Crippen LogP contribution in [-0.4, -0.2) is 75.8 Å². The van der Waals surface area contributed by atoms with E-state index in [1.165, 1.54) is 16.0 Å². The summed E-state index contributed by atoms with van der Waals surface area (Å²) in [5, 5.41) is 21.9. The fraction of sp³-hybridized carbons (Fsp3) is 0.522. The van der Waals surface area contributed by atoms with Gasteiger partial charge in [-0.05, 0) is 49.2 Å². The predicted molar refractivity (Wildman–Crippen MR) is 117 cm³/mol. The second kappa shape index (κ2) is 9.70. The molecule has 1 aromatic rings. The highest BCUT2D eigenvalue weighted by atomic mass is 16.5. The van der Waals surface area contributed by atoms with Gasteiger partial charge in [0.2, 0.25) is 5.91 Å². The first kappa shape index (κ1) is 22.3. The molecule has 0 saturated carbocycles. The quantitative estimate of drug-likeness (QED) is 0.416. The lowest BCUT2D eigenvalue weighted by molar-refractivity contribution is -0.134. The van der Waals surface area contributed by atoms with Gasteiger partial charge < -0.3 is 15.3 Å². The van der Waals surface area contributed by atoms with E-state index in [9.17, 15) is 19.5 Å². The van der Waals surface area contributed by atoms with Crippen molar-refractivity contribution in [3.8, 4) is 0 Å². The molecule has 172 valence electrons. The minimum Gasteiger partial charge on any atom is -0.465 e. The smallest absolute Gasteiger partial charge is 0.408 e. The maximum atomic E-state index is 13.0. The van der Waals surface area contributed by atoms with Crippen molar-refractivity contribution in [1.29, 1.82) is 0 Å². The number of hydrogen-bond acceptors (Lipinski definition) is 5. The summed E-state index contributed by atoms with van der Waals surface area (Å²) in [5.74, 6) is -0.580. The zero-order valence-electron chi connectivity index (χ0n) is 17.9. The third-order valence-electron chi connectivity index (χ3n) is 7.02. The molecular weight excluding hydrogens is 412 g/mol. The fourth-order valence-electron chi connectivity index (χ4n) is 5.33. The first-order valence-corrected chi connectivity index (χ1v) is 11.2. The van der Waals surface area contributed by atoms with Gasteiger partial charge in [-0.1, -0.05) is 36.4 Å². The zero-order chi connectivity index (χ0) is 22.7. The van der Waals surface area contributed by atoms with Crippen molar-refractivity contribution in [2.45, 2.75) is 50.2 Å². The van der Waals surface area contributed by atoms with E-state index in [0.717, 1.165) is 6.42 Å². The Labute approximate surface area is 187 Å². The SMILES string of the molecule is O=C(NO)[C@@H]1CCC(C2CC[C@@H](C(=O)N3CC=C(c4ccccc4)CC3)NC2)N1C(=O)O. The van der Waals surface area contributed by atoms with Gasteiger partial charge in [0.15, 0.2) is 0 Å². The van der Waals surface area contributed by atoms with E-state index in [1.54, 1.807) is 5.48 Å². The predicted octanol–water partition coefficient (Wildman–Crippen LogP) is 1.69. The summed E-state index contributed by atoms with van der Waals surface area (Å²) in [6.45, 7) is 1.81. The van der Waals surface area contributed by atoms with E-state index in [4.69, 9.17) is 5.21 Å². The summed E-state index contributed by atoms with van der Waals surface area (Å²) >= 11 is 0. The Kier molecular flexibility index (Phi) is 6.76. The number of carboxylic acid groups (broad SMARTS) is 1. The molecule has 9 nitrogen and oxygen atoms in total. The number of amides is 3. The van der Waals surface area contributed by atoms with Crippen LogP contribution in [0.15, 0.2) is 36.4 Å². The van der Waals surface area contributed by atoms with Crippen molar-refractivity contribution in [2.75, 3.05) is 19.6 Å². The first-order chi connectivity index (χ1) is 15.5. The van der Waals surface area contributed by atoms with E-state index in [-0.39, 0.29) is 23.9 Å². The Morgan fingerprint density at radius 2 is 1.84 bits per heavy atom. The lowest BCUT2D eigenvalue weighted by Gasteiger charge is -2.38. The van der Waals surface area contributed by atoms with Crippen LogP contribution in [-0.2, 0) is 9.59 Å². The number of hydrogen-bond donors (Lipinski definition) is 4. The summed E-state index contributed by atoms with van der Waals surface area (Å²) in [5.41, 5.74) is 4.04. The summed E-state index contributed by atoms with van der Waals surface area (Å²) < 4.78 is 0. The van der Waals surface area contributed by atoms with Crippen molar-refractivity contribution in [1.82, 2.24) is 20.6 Å². The number of hydroxylamine groups is 1. The van der Waals surface area contributed by atoms with Gasteiger partial charge in [-0.2, -0.15) is 0 Å². The van der Waals surface area contributed by atoms with Crippen molar-refractivity contribution >= 4 is 23.5 Å². The number of carbonyl (C=O) groups is 3. The molecule has 0 aromatic heterocycles. The number of likely N-dealkylation sites (tertiary alicyclic amines) is 1. The van der Waals surface area contributed by atoms with E-state index in [2.05, 4.69) is 23.5 Å². The Hall–Kier alpha value is -2.91. The highest BCUT2D eigenvalue weighted by Gasteiger charge is 2.45. The Bertz CT molecular complexity index is 882. The molecule has 0 spiro atoms. The third-order valence-corrected chi connectivity index (χ3v) is 7.02. The molecule has 2 fully saturated rings. The van der Waals surface area contributed by atoms with Crippen molar-refractivity contribution in [3.05, 3.63) is 42.0 Å². The molecule has 4 N–H and O–H groups in total. The van der Waals surface area contributed by atoms with Gasteiger partial charge in [0.05, 0.1) is 6.04 Å². The van der Waals surface area contributed by atoms with E-state index in [0.29, 0.717) is 45.3 Å². The molecule has 3 amide bonds. The van der Waals surface area contributed by atoms with Crippen LogP contribution >= 0.6 is 0 Å². The molecule has 9 heteroatoms. The largest absolute Gasteiger partial charge is 0.465 e. The van der Waals surface area contributed by atoms with Crippen LogP contribution in [0.4, 0.5) is 4.79 Å². The van der Waals surface area contributed by atoms with Gasteiger partial charge >= 0.3 is 6.09 Å². The van der Waals surface area contributed by atoms with Crippen LogP contribution in [0.1, 0.15) is 37.7 Å².